The molecule has 1 aromatic carbocycles. The first-order chi connectivity index (χ1) is 12.6. The van der Waals surface area contributed by atoms with Gasteiger partial charge in [0.25, 0.3) is 5.91 Å². The number of nitrogens with zero attached hydrogens (tertiary/aromatic N) is 3. The van der Waals surface area contributed by atoms with Gasteiger partial charge in [-0.25, -0.2) is 14.2 Å². The summed E-state index contributed by atoms with van der Waals surface area (Å²) < 4.78 is 19.6. The maximum atomic E-state index is 14.2. The number of anilines is 1. The van der Waals surface area contributed by atoms with E-state index in [1.54, 1.807) is 31.7 Å². The van der Waals surface area contributed by atoms with E-state index >= 15 is 0 Å². The van der Waals surface area contributed by atoms with Crippen molar-refractivity contribution in [3.8, 4) is 0 Å². The van der Waals surface area contributed by atoms with E-state index in [2.05, 4.69) is 4.98 Å². The summed E-state index contributed by atoms with van der Waals surface area (Å²) in [5, 5.41) is 0.231. The molecule has 0 unspecified atom stereocenters. The predicted molar refractivity (Wildman–Crippen MR) is 104 cm³/mol. The Labute approximate surface area is 158 Å². The molecule has 0 atom stereocenters. The number of hydrogen-bond acceptors (Lipinski definition) is 4. The lowest BCUT2D eigenvalue weighted by molar-refractivity contribution is 0.0588. The van der Waals surface area contributed by atoms with Crippen molar-refractivity contribution in [2.24, 2.45) is 0 Å². The van der Waals surface area contributed by atoms with Gasteiger partial charge in [0.15, 0.2) is 5.82 Å². The highest BCUT2D eigenvalue weighted by Crippen LogP contribution is 2.27. The molecule has 1 aromatic heterocycles. The van der Waals surface area contributed by atoms with Crippen molar-refractivity contribution in [3.63, 3.8) is 0 Å². The van der Waals surface area contributed by atoms with E-state index in [9.17, 15) is 14.0 Å². The Morgan fingerprint density at radius 1 is 1.19 bits per heavy atom. The molecular formula is C20H26FN3O3. The van der Waals surface area contributed by atoms with E-state index in [0.29, 0.717) is 18.6 Å². The minimum atomic E-state index is -0.697. The van der Waals surface area contributed by atoms with Gasteiger partial charge in [0.05, 0.1) is 11.1 Å². The Hall–Kier alpha value is -2.70. The lowest BCUT2D eigenvalue weighted by atomic mass is 10.1. The number of amides is 2. The molecule has 1 heterocycles. The molecular weight excluding hydrogens is 349 g/mol. The molecule has 2 aromatic rings. The second kappa shape index (κ2) is 7.90. The average molecular weight is 375 g/mol. The molecule has 0 spiro atoms. The van der Waals surface area contributed by atoms with Crippen LogP contribution in [0.2, 0.25) is 0 Å². The Bertz CT molecular complexity index is 857. The summed E-state index contributed by atoms with van der Waals surface area (Å²) in [5.74, 6) is -0.651. The molecule has 0 saturated heterocycles. The van der Waals surface area contributed by atoms with Crippen LogP contribution >= 0.6 is 0 Å². The van der Waals surface area contributed by atoms with Crippen molar-refractivity contribution < 1.29 is 18.7 Å². The van der Waals surface area contributed by atoms with Crippen LogP contribution in [-0.4, -0.2) is 47.6 Å². The molecule has 2 rings (SSSR count). The van der Waals surface area contributed by atoms with Crippen LogP contribution in [0.15, 0.2) is 24.3 Å². The van der Waals surface area contributed by atoms with Crippen molar-refractivity contribution in [1.82, 2.24) is 9.88 Å². The van der Waals surface area contributed by atoms with Gasteiger partial charge in [-0.3, -0.25) is 9.69 Å². The van der Waals surface area contributed by atoms with Crippen LogP contribution in [0, 0.1) is 5.82 Å². The normalized spacial score (nSPS) is 11.4. The average Bonchev–Trinajstić information content (AvgIpc) is 2.60. The van der Waals surface area contributed by atoms with Crippen LogP contribution in [0.1, 0.15) is 45.0 Å². The molecule has 27 heavy (non-hydrogen) atoms. The Morgan fingerprint density at radius 2 is 1.81 bits per heavy atom. The molecule has 0 radical (unpaired) electrons. The molecule has 0 aliphatic heterocycles. The number of halogens is 1. The van der Waals surface area contributed by atoms with Crippen molar-refractivity contribution in [2.45, 2.75) is 40.2 Å². The fourth-order valence-electron chi connectivity index (χ4n) is 2.66. The molecule has 146 valence electrons. The van der Waals surface area contributed by atoms with Crippen LogP contribution < -0.4 is 4.90 Å². The van der Waals surface area contributed by atoms with Crippen LogP contribution in [0.4, 0.5) is 15.0 Å². The zero-order valence-corrected chi connectivity index (χ0v) is 16.7. The number of benzene rings is 1. The van der Waals surface area contributed by atoms with E-state index in [1.165, 1.54) is 30.1 Å². The van der Waals surface area contributed by atoms with Crippen LogP contribution in [-0.2, 0) is 4.74 Å². The second-order valence-corrected chi connectivity index (χ2v) is 7.18. The molecule has 7 heteroatoms. The highest BCUT2D eigenvalue weighted by Gasteiger charge is 2.27. The first-order valence-electron chi connectivity index (χ1n) is 8.94. The molecule has 6 nitrogen and oxygen atoms in total. The van der Waals surface area contributed by atoms with Crippen molar-refractivity contribution in [1.29, 1.82) is 0 Å². The summed E-state index contributed by atoms with van der Waals surface area (Å²) in [6.45, 7) is 9.94. The van der Waals surface area contributed by atoms with E-state index in [0.717, 1.165) is 0 Å². The highest BCUT2D eigenvalue weighted by molar-refractivity contribution is 6.05. The van der Waals surface area contributed by atoms with E-state index in [-0.39, 0.29) is 22.7 Å². The van der Waals surface area contributed by atoms with Crippen molar-refractivity contribution in [3.05, 3.63) is 35.6 Å². The second-order valence-electron chi connectivity index (χ2n) is 7.18. The van der Waals surface area contributed by atoms with Crippen molar-refractivity contribution >= 4 is 28.7 Å². The Kier molecular flexibility index (Phi) is 6.03. The fraction of sp³-hybridized carbons (Fsp3) is 0.450. The maximum Gasteiger partial charge on any atom is 0.415 e. The van der Waals surface area contributed by atoms with Gasteiger partial charge in [-0.15, -0.1) is 0 Å². The van der Waals surface area contributed by atoms with Crippen LogP contribution in [0.25, 0.3) is 10.9 Å². The molecule has 2 amide bonds. The van der Waals surface area contributed by atoms with Gasteiger partial charge in [-0.1, -0.05) is 6.07 Å². The molecule has 0 aliphatic carbocycles. The number of carbonyl (C=O) groups is 2. The first-order valence-corrected chi connectivity index (χ1v) is 8.94. The molecule has 0 saturated carbocycles. The largest absolute Gasteiger partial charge is 0.443 e. The number of pyridine rings is 1. The highest BCUT2D eigenvalue weighted by atomic mass is 19.1. The summed E-state index contributed by atoms with van der Waals surface area (Å²) in [6, 6.07) is 5.94. The fourth-order valence-corrected chi connectivity index (χ4v) is 2.66. The SMILES string of the molecule is CCN(CC)C(=O)c1cc2c(F)cccc2nc1N(C)C(=O)OC(C)(C)C. The van der Waals surface area contributed by atoms with Crippen LogP contribution in [0.5, 0.6) is 0 Å². The standard InChI is InChI=1S/C20H26FN3O3/c1-7-24(8-2)18(25)14-12-13-15(21)10-9-11-16(13)22-17(14)23(6)19(26)27-20(3,4)5/h9-12H,7-8H2,1-6H3. The first kappa shape index (κ1) is 20.6. The quantitative estimate of drug-likeness (QED) is 0.802. The summed E-state index contributed by atoms with van der Waals surface area (Å²) in [5.41, 5.74) is -0.182. The predicted octanol–water partition coefficient (Wildman–Crippen LogP) is 4.23. The van der Waals surface area contributed by atoms with Crippen molar-refractivity contribution in [2.75, 3.05) is 25.0 Å². The molecule has 0 N–H and O–H groups in total. The van der Waals surface area contributed by atoms with E-state index in [1.807, 2.05) is 13.8 Å². The number of rotatable bonds is 4. The topological polar surface area (TPSA) is 62.7 Å². The minimum Gasteiger partial charge on any atom is -0.443 e. The van der Waals surface area contributed by atoms with Crippen LogP contribution in [0.3, 0.4) is 0 Å². The monoisotopic (exact) mass is 375 g/mol. The summed E-state index contributed by atoms with van der Waals surface area (Å²) in [4.78, 5) is 32.7. The van der Waals surface area contributed by atoms with Gasteiger partial charge >= 0.3 is 6.09 Å². The summed E-state index contributed by atoms with van der Waals surface area (Å²) >= 11 is 0. The zero-order valence-electron chi connectivity index (χ0n) is 16.7. The summed E-state index contributed by atoms with van der Waals surface area (Å²) in [7, 11) is 1.49. The number of fused-ring (bicyclic) bond motifs is 1. The molecule has 0 aliphatic rings. The number of carbonyl (C=O) groups excluding carboxylic acids is 2. The van der Waals surface area contributed by atoms with E-state index < -0.39 is 17.5 Å². The van der Waals surface area contributed by atoms with Gasteiger partial charge in [0.1, 0.15) is 11.4 Å². The third kappa shape index (κ3) is 4.53. The zero-order chi connectivity index (χ0) is 20.4. The number of aromatic nitrogens is 1. The Balaban J connectivity index is 2.63. The lowest BCUT2D eigenvalue weighted by Gasteiger charge is -2.26. The molecule has 0 bridgehead atoms. The van der Waals surface area contributed by atoms with Gasteiger partial charge < -0.3 is 9.64 Å². The third-order valence-corrected chi connectivity index (χ3v) is 4.05. The maximum absolute atomic E-state index is 14.2. The van der Waals surface area contributed by atoms with Gasteiger partial charge in [-0.2, -0.15) is 0 Å². The number of hydrogen-bond donors (Lipinski definition) is 0. The van der Waals surface area contributed by atoms with Gasteiger partial charge in [-0.05, 0) is 52.8 Å². The Morgan fingerprint density at radius 3 is 2.37 bits per heavy atom. The van der Waals surface area contributed by atoms with Gasteiger partial charge in [0.2, 0.25) is 0 Å². The number of ether oxygens (including phenoxy) is 1. The smallest absolute Gasteiger partial charge is 0.415 e. The van der Waals surface area contributed by atoms with Gasteiger partial charge in [0, 0.05) is 25.5 Å². The minimum absolute atomic E-state index is 0.138. The summed E-state index contributed by atoms with van der Waals surface area (Å²) in [6.07, 6.45) is -0.639. The molecule has 0 fully saturated rings. The third-order valence-electron chi connectivity index (χ3n) is 4.05. The van der Waals surface area contributed by atoms with E-state index in [4.69, 9.17) is 4.74 Å². The lowest BCUT2D eigenvalue weighted by Crippen LogP contribution is -2.37.